The van der Waals surface area contributed by atoms with Crippen LogP contribution in [0.2, 0.25) is 0 Å². The van der Waals surface area contributed by atoms with Crippen molar-refractivity contribution in [1.29, 1.82) is 0 Å². The number of para-hydroxylation sites is 2. The minimum absolute atomic E-state index is 0.0155. The monoisotopic (exact) mass is 412 g/mol. The lowest BCUT2D eigenvalue weighted by Gasteiger charge is -2.13. The van der Waals surface area contributed by atoms with Crippen LogP contribution in [-0.4, -0.2) is 26.5 Å². The summed E-state index contributed by atoms with van der Waals surface area (Å²) in [6.07, 6.45) is 0. The maximum atomic E-state index is 12.9. The number of ether oxygens (including phenoxy) is 1. The zero-order valence-electron chi connectivity index (χ0n) is 15.8. The fourth-order valence-electron chi connectivity index (χ4n) is 2.67. The van der Waals surface area contributed by atoms with Crippen LogP contribution >= 0.6 is 0 Å². The normalized spacial score (nSPS) is 11.0. The number of methoxy groups -OCH3 is 1. The number of phenols is 1. The Balaban J connectivity index is 1.87. The van der Waals surface area contributed by atoms with Crippen LogP contribution in [0.1, 0.15) is 15.9 Å². The number of phenolic OH excluding ortho intramolecular Hbond substituents is 1. The van der Waals surface area contributed by atoms with Gasteiger partial charge in [0.15, 0.2) is 0 Å². The molecule has 0 saturated heterocycles. The molecule has 0 aliphatic rings. The summed E-state index contributed by atoms with van der Waals surface area (Å²) in [6, 6.07) is 17.1. The molecule has 0 atom stereocenters. The maximum Gasteiger partial charge on any atom is 0.262 e. The van der Waals surface area contributed by atoms with Crippen molar-refractivity contribution in [2.24, 2.45) is 0 Å². The van der Waals surface area contributed by atoms with Gasteiger partial charge in [-0.2, -0.15) is 0 Å². The van der Waals surface area contributed by atoms with E-state index < -0.39 is 15.9 Å². The molecule has 3 aromatic carbocycles. The number of anilines is 2. The highest BCUT2D eigenvalue weighted by Gasteiger charge is 2.20. The summed E-state index contributed by atoms with van der Waals surface area (Å²) in [7, 11) is -2.40. The van der Waals surface area contributed by atoms with E-state index in [0.717, 1.165) is 0 Å². The molecule has 0 fully saturated rings. The highest BCUT2D eigenvalue weighted by atomic mass is 32.2. The van der Waals surface area contributed by atoms with Crippen molar-refractivity contribution in [3.05, 3.63) is 77.9 Å². The largest absolute Gasteiger partial charge is 0.506 e. The van der Waals surface area contributed by atoms with Gasteiger partial charge in [0.25, 0.3) is 15.9 Å². The van der Waals surface area contributed by atoms with Gasteiger partial charge in [0.1, 0.15) is 11.5 Å². The topological polar surface area (TPSA) is 105 Å². The van der Waals surface area contributed by atoms with E-state index in [-0.39, 0.29) is 21.9 Å². The molecule has 0 saturated carbocycles. The van der Waals surface area contributed by atoms with E-state index in [1.165, 1.54) is 25.3 Å². The SMILES string of the molecule is COc1ccc(NS(=O)(=O)c2cc(C(=O)Nc3ccccc3O)ccc2C)cc1. The van der Waals surface area contributed by atoms with Crippen LogP contribution in [0.5, 0.6) is 11.5 Å². The second kappa shape index (κ2) is 8.24. The molecule has 0 aliphatic heterocycles. The van der Waals surface area contributed by atoms with E-state index >= 15 is 0 Å². The van der Waals surface area contributed by atoms with Gasteiger partial charge in [-0.1, -0.05) is 18.2 Å². The van der Waals surface area contributed by atoms with Gasteiger partial charge in [0, 0.05) is 11.3 Å². The second-order valence-electron chi connectivity index (χ2n) is 6.29. The lowest BCUT2D eigenvalue weighted by atomic mass is 10.1. The van der Waals surface area contributed by atoms with Crippen LogP contribution in [0.25, 0.3) is 0 Å². The van der Waals surface area contributed by atoms with Crippen molar-refractivity contribution in [3.63, 3.8) is 0 Å². The minimum Gasteiger partial charge on any atom is -0.506 e. The highest BCUT2D eigenvalue weighted by molar-refractivity contribution is 7.92. The molecular formula is C21H20N2O5S. The molecule has 3 rings (SSSR count). The first kappa shape index (κ1) is 20.2. The first-order valence-corrected chi connectivity index (χ1v) is 10.2. The number of aromatic hydroxyl groups is 1. The number of nitrogens with one attached hydrogen (secondary N) is 2. The Morgan fingerprint density at radius 1 is 1.00 bits per heavy atom. The number of amides is 1. The van der Waals surface area contributed by atoms with Crippen molar-refractivity contribution in [2.75, 3.05) is 17.1 Å². The van der Waals surface area contributed by atoms with E-state index in [1.54, 1.807) is 55.5 Å². The quantitative estimate of drug-likeness (QED) is 0.535. The molecule has 0 radical (unpaired) electrons. The number of rotatable bonds is 6. The molecule has 150 valence electrons. The Bertz CT molecular complexity index is 1140. The lowest BCUT2D eigenvalue weighted by Crippen LogP contribution is -2.17. The van der Waals surface area contributed by atoms with Crippen LogP contribution in [0.4, 0.5) is 11.4 Å². The Hall–Kier alpha value is -3.52. The second-order valence-corrected chi connectivity index (χ2v) is 7.94. The average molecular weight is 412 g/mol. The van der Waals surface area contributed by atoms with Crippen LogP contribution < -0.4 is 14.8 Å². The number of carbonyl (C=O) groups is 1. The van der Waals surface area contributed by atoms with Gasteiger partial charge in [0.05, 0.1) is 17.7 Å². The Morgan fingerprint density at radius 3 is 2.34 bits per heavy atom. The minimum atomic E-state index is -3.92. The zero-order chi connectivity index (χ0) is 21.0. The van der Waals surface area contributed by atoms with Gasteiger partial charge >= 0.3 is 0 Å². The van der Waals surface area contributed by atoms with Gasteiger partial charge < -0.3 is 15.2 Å². The number of hydrogen-bond donors (Lipinski definition) is 3. The fraction of sp³-hybridized carbons (Fsp3) is 0.0952. The number of hydrogen-bond acceptors (Lipinski definition) is 5. The Kier molecular flexibility index (Phi) is 5.74. The Labute approximate surface area is 169 Å². The van der Waals surface area contributed by atoms with E-state index in [0.29, 0.717) is 17.0 Å². The fourth-order valence-corrected chi connectivity index (χ4v) is 4.00. The molecule has 0 bridgehead atoms. The predicted molar refractivity (Wildman–Crippen MR) is 111 cm³/mol. The van der Waals surface area contributed by atoms with Crippen molar-refractivity contribution < 1.29 is 23.1 Å². The van der Waals surface area contributed by atoms with Gasteiger partial charge in [-0.3, -0.25) is 9.52 Å². The molecule has 3 aromatic rings. The van der Waals surface area contributed by atoms with E-state index in [4.69, 9.17) is 4.74 Å². The van der Waals surface area contributed by atoms with Crippen molar-refractivity contribution in [1.82, 2.24) is 0 Å². The summed E-state index contributed by atoms with van der Waals surface area (Å²) >= 11 is 0. The molecule has 7 nitrogen and oxygen atoms in total. The number of aryl methyl sites for hydroxylation is 1. The molecule has 0 spiro atoms. The molecule has 0 unspecified atom stereocenters. The van der Waals surface area contributed by atoms with E-state index in [2.05, 4.69) is 10.0 Å². The number of benzene rings is 3. The van der Waals surface area contributed by atoms with Gasteiger partial charge in [-0.25, -0.2) is 8.42 Å². The zero-order valence-corrected chi connectivity index (χ0v) is 16.7. The van der Waals surface area contributed by atoms with Crippen LogP contribution in [0, 0.1) is 6.92 Å². The third-order valence-electron chi connectivity index (χ3n) is 4.23. The van der Waals surface area contributed by atoms with Crippen LogP contribution in [0.3, 0.4) is 0 Å². The van der Waals surface area contributed by atoms with Gasteiger partial charge in [-0.15, -0.1) is 0 Å². The first-order valence-electron chi connectivity index (χ1n) is 8.67. The molecule has 8 heteroatoms. The van der Waals surface area contributed by atoms with Crippen molar-refractivity contribution in [3.8, 4) is 11.5 Å². The number of sulfonamides is 1. The molecule has 0 aliphatic carbocycles. The smallest absolute Gasteiger partial charge is 0.262 e. The van der Waals surface area contributed by atoms with Crippen LogP contribution in [-0.2, 0) is 10.0 Å². The predicted octanol–water partition coefficient (Wildman–Crippen LogP) is 3.76. The van der Waals surface area contributed by atoms with Crippen molar-refractivity contribution >= 4 is 27.3 Å². The summed E-state index contributed by atoms with van der Waals surface area (Å²) in [6.45, 7) is 1.65. The summed E-state index contributed by atoms with van der Waals surface area (Å²) in [5.74, 6) is -0.0126. The molecule has 0 aromatic heterocycles. The molecule has 3 N–H and O–H groups in total. The van der Waals surface area contributed by atoms with Gasteiger partial charge in [-0.05, 0) is 61.0 Å². The Morgan fingerprint density at radius 2 is 1.69 bits per heavy atom. The standard InChI is InChI=1S/C21H20N2O5S/c1-14-7-8-15(21(25)22-18-5-3-4-6-19(18)24)13-20(14)29(26,27)23-16-9-11-17(28-2)12-10-16/h3-13,23-24H,1-2H3,(H,22,25). The summed E-state index contributed by atoms with van der Waals surface area (Å²) in [5, 5.41) is 12.4. The molecule has 0 heterocycles. The van der Waals surface area contributed by atoms with E-state index in [1.807, 2.05) is 0 Å². The number of carbonyl (C=O) groups excluding carboxylic acids is 1. The van der Waals surface area contributed by atoms with Crippen molar-refractivity contribution in [2.45, 2.75) is 11.8 Å². The summed E-state index contributed by atoms with van der Waals surface area (Å²) in [4.78, 5) is 12.5. The highest BCUT2D eigenvalue weighted by Crippen LogP contribution is 2.25. The van der Waals surface area contributed by atoms with Gasteiger partial charge in [0.2, 0.25) is 0 Å². The molecular weight excluding hydrogens is 392 g/mol. The molecule has 1 amide bonds. The maximum absolute atomic E-state index is 12.9. The molecule has 29 heavy (non-hydrogen) atoms. The summed E-state index contributed by atoms with van der Waals surface area (Å²) < 4.78 is 33.3. The average Bonchev–Trinajstić information content (AvgIpc) is 2.70. The third-order valence-corrected chi connectivity index (χ3v) is 5.76. The first-order chi connectivity index (χ1) is 13.8. The van der Waals surface area contributed by atoms with E-state index in [9.17, 15) is 18.3 Å². The summed E-state index contributed by atoms with van der Waals surface area (Å²) in [5.41, 5.74) is 1.24. The lowest BCUT2D eigenvalue weighted by molar-refractivity contribution is 0.102. The van der Waals surface area contributed by atoms with Crippen LogP contribution in [0.15, 0.2) is 71.6 Å². The third kappa shape index (κ3) is 4.67.